The lowest BCUT2D eigenvalue weighted by atomic mass is 10.0. The van der Waals surface area contributed by atoms with Gasteiger partial charge in [0.1, 0.15) is 5.82 Å². The Morgan fingerprint density at radius 3 is 2.26 bits per heavy atom. The Balaban J connectivity index is 2.31. The summed E-state index contributed by atoms with van der Waals surface area (Å²) in [6, 6.07) is 6.25. The molecule has 0 amide bonds. The van der Waals surface area contributed by atoms with Crippen molar-refractivity contribution in [1.29, 1.82) is 0 Å². The van der Waals surface area contributed by atoms with Gasteiger partial charge in [0.2, 0.25) is 0 Å². The first-order valence-corrected chi connectivity index (χ1v) is 6.48. The Morgan fingerprint density at radius 2 is 1.74 bits per heavy atom. The van der Waals surface area contributed by atoms with E-state index in [2.05, 4.69) is 5.32 Å². The summed E-state index contributed by atoms with van der Waals surface area (Å²) in [5.74, 6) is -0.288. The van der Waals surface area contributed by atoms with Gasteiger partial charge in [-0.1, -0.05) is 19.1 Å². The average molecular weight is 277 g/mol. The Kier molecular flexibility index (Phi) is 6.28. The molecule has 1 aromatic carbocycles. The third-order valence-corrected chi connectivity index (χ3v) is 2.96. The van der Waals surface area contributed by atoms with Gasteiger partial charge >= 0.3 is 6.18 Å². The second-order valence-electron chi connectivity index (χ2n) is 4.54. The second kappa shape index (κ2) is 7.48. The number of rotatable bonds is 7. The van der Waals surface area contributed by atoms with Crippen molar-refractivity contribution in [3.8, 4) is 0 Å². The largest absolute Gasteiger partial charge is 0.389 e. The maximum absolute atomic E-state index is 12.8. The van der Waals surface area contributed by atoms with Crippen molar-refractivity contribution in [2.24, 2.45) is 0 Å². The van der Waals surface area contributed by atoms with Crippen molar-refractivity contribution >= 4 is 0 Å². The number of alkyl halides is 3. The quantitative estimate of drug-likeness (QED) is 0.567. The summed E-state index contributed by atoms with van der Waals surface area (Å²) < 4.78 is 48.7. The van der Waals surface area contributed by atoms with E-state index in [-0.39, 0.29) is 18.3 Å². The standard InChI is InChI=1S/C14H19F4N/c1-2-13(11-5-7-12(15)8-6-11)19-10-4-3-9-14(16,17)18/h5-8,13,19H,2-4,9-10H2,1H3. The molecule has 1 unspecified atom stereocenters. The van der Waals surface area contributed by atoms with E-state index in [9.17, 15) is 17.6 Å². The highest BCUT2D eigenvalue weighted by atomic mass is 19.4. The minimum Gasteiger partial charge on any atom is -0.310 e. The third kappa shape index (κ3) is 6.57. The highest BCUT2D eigenvalue weighted by Crippen LogP contribution is 2.22. The fraction of sp³-hybridized carbons (Fsp3) is 0.571. The first kappa shape index (κ1) is 16.0. The van der Waals surface area contributed by atoms with E-state index < -0.39 is 12.6 Å². The van der Waals surface area contributed by atoms with Gasteiger partial charge in [-0.25, -0.2) is 4.39 Å². The molecular formula is C14H19F4N. The Hall–Kier alpha value is -1.10. The van der Waals surface area contributed by atoms with Crippen LogP contribution < -0.4 is 5.32 Å². The van der Waals surface area contributed by atoms with Crippen LogP contribution in [-0.2, 0) is 0 Å². The van der Waals surface area contributed by atoms with Crippen LogP contribution in [0.25, 0.3) is 0 Å². The van der Waals surface area contributed by atoms with E-state index in [1.165, 1.54) is 12.1 Å². The molecule has 0 bridgehead atoms. The fourth-order valence-electron chi connectivity index (χ4n) is 1.92. The maximum Gasteiger partial charge on any atom is 0.389 e. The van der Waals surface area contributed by atoms with Gasteiger partial charge in [0.15, 0.2) is 0 Å². The predicted molar refractivity (Wildman–Crippen MR) is 67.3 cm³/mol. The number of halogens is 4. The van der Waals surface area contributed by atoms with Gasteiger partial charge in [-0.2, -0.15) is 13.2 Å². The van der Waals surface area contributed by atoms with Gasteiger partial charge < -0.3 is 5.32 Å². The molecule has 1 N–H and O–H groups in total. The molecule has 0 aromatic heterocycles. The summed E-state index contributed by atoms with van der Waals surface area (Å²) in [5, 5.41) is 3.20. The van der Waals surface area contributed by atoms with Crippen LogP contribution in [0.3, 0.4) is 0 Å². The molecule has 1 rings (SSSR count). The monoisotopic (exact) mass is 277 g/mol. The number of benzene rings is 1. The van der Waals surface area contributed by atoms with Crippen LogP contribution >= 0.6 is 0 Å². The SMILES string of the molecule is CCC(NCCCCC(F)(F)F)c1ccc(F)cc1. The molecule has 108 valence electrons. The lowest BCUT2D eigenvalue weighted by molar-refractivity contribution is -0.135. The molecule has 0 spiro atoms. The van der Waals surface area contributed by atoms with Crippen LogP contribution in [0.4, 0.5) is 17.6 Å². The molecule has 0 saturated carbocycles. The van der Waals surface area contributed by atoms with E-state index in [0.717, 1.165) is 12.0 Å². The summed E-state index contributed by atoms with van der Waals surface area (Å²) in [7, 11) is 0. The van der Waals surface area contributed by atoms with E-state index in [1.807, 2.05) is 6.92 Å². The maximum atomic E-state index is 12.8. The highest BCUT2D eigenvalue weighted by molar-refractivity contribution is 5.19. The van der Waals surface area contributed by atoms with Crippen molar-refractivity contribution in [1.82, 2.24) is 5.32 Å². The van der Waals surface area contributed by atoms with Crippen LogP contribution in [0.15, 0.2) is 24.3 Å². The molecule has 1 aromatic rings. The van der Waals surface area contributed by atoms with Gasteiger partial charge in [0, 0.05) is 12.5 Å². The van der Waals surface area contributed by atoms with E-state index in [1.54, 1.807) is 12.1 Å². The first-order valence-electron chi connectivity index (χ1n) is 6.48. The number of unbranched alkanes of at least 4 members (excludes halogenated alkanes) is 1. The third-order valence-electron chi connectivity index (χ3n) is 2.96. The van der Waals surface area contributed by atoms with Gasteiger partial charge in [-0.05, 0) is 43.5 Å². The van der Waals surface area contributed by atoms with Crippen molar-refractivity contribution < 1.29 is 17.6 Å². The molecule has 0 aliphatic rings. The highest BCUT2D eigenvalue weighted by Gasteiger charge is 2.25. The summed E-state index contributed by atoms with van der Waals surface area (Å²) in [5.41, 5.74) is 0.958. The fourth-order valence-corrected chi connectivity index (χ4v) is 1.92. The number of hydrogen-bond donors (Lipinski definition) is 1. The molecule has 1 nitrogen and oxygen atoms in total. The lowest BCUT2D eigenvalue weighted by Gasteiger charge is -2.17. The van der Waals surface area contributed by atoms with E-state index in [0.29, 0.717) is 13.0 Å². The van der Waals surface area contributed by atoms with Crippen LogP contribution in [0.5, 0.6) is 0 Å². The topological polar surface area (TPSA) is 12.0 Å². The Labute approximate surface area is 111 Å². The minimum atomic E-state index is -4.07. The molecule has 0 radical (unpaired) electrons. The molecule has 0 aliphatic carbocycles. The van der Waals surface area contributed by atoms with Crippen LogP contribution in [0.2, 0.25) is 0 Å². The zero-order valence-corrected chi connectivity index (χ0v) is 10.9. The molecule has 5 heteroatoms. The minimum absolute atomic E-state index is 0.0616. The molecule has 1 atom stereocenters. The zero-order valence-electron chi connectivity index (χ0n) is 10.9. The van der Waals surface area contributed by atoms with Crippen LogP contribution in [0.1, 0.15) is 44.2 Å². The van der Waals surface area contributed by atoms with Crippen molar-refractivity contribution in [3.63, 3.8) is 0 Å². The van der Waals surface area contributed by atoms with Gasteiger partial charge in [0.25, 0.3) is 0 Å². The van der Waals surface area contributed by atoms with E-state index in [4.69, 9.17) is 0 Å². The molecule has 0 aliphatic heterocycles. The summed E-state index contributed by atoms with van der Waals surface area (Å²) in [6.07, 6.45) is -3.37. The van der Waals surface area contributed by atoms with Crippen LogP contribution in [-0.4, -0.2) is 12.7 Å². The zero-order chi connectivity index (χ0) is 14.3. The predicted octanol–water partition coefficient (Wildman–Crippen LogP) is 4.60. The second-order valence-corrected chi connectivity index (χ2v) is 4.54. The Bertz CT molecular complexity index is 359. The summed E-state index contributed by atoms with van der Waals surface area (Å²) in [6.45, 7) is 2.52. The van der Waals surface area contributed by atoms with Crippen molar-refractivity contribution in [3.05, 3.63) is 35.6 Å². The molecule has 0 saturated heterocycles. The average Bonchev–Trinajstić information content (AvgIpc) is 2.34. The molecule has 19 heavy (non-hydrogen) atoms. The van der Waals surface area contributed by atoms with E-state index >= 15 is 0 Å². The molecule has 0 heterocycles. The number of nitrogens with one attached hydrogen (secondary N) is 1. The van der Waals surface area contributed by atoms with Crippen LogP contribution in [0, 0.1) is 5.82 Å². The molecule has 0 fully saturated rings. The first-order chi connectivity index (χ1) is 8.92. The lowest BCUT2D eigenvalue weighted by Crippen LogP contribution is -2.22. The van der Waals surface area contributed by atoms with Gasteiger partial charge in [-0.3, -0.25) is 0 Å². The van der Waals surface area contributed by atoms with Gasteiger partial charge in [-0.15, -0.1) is 0 Å². The normalized spacial score (nSPS) is 13.5. The summed E-state index contributed by atoms with van der Waals surface area (Å²) in [4.78, 5) is 0. The van der Waals surface area contributed by atoms with Crippen molar-refractivity contribution in [2.75, 3.05) is 6.54 Å². The Morgan fingerprint density at radius 1 is 1.11 bits per heavy atom. The van der Waals surface area contributed by atoms with Crippen molar-refractivity contribution in [2.45, 2.75) is 44.8 Å². The summed E-state index contributed by atoms with van der Waals surface area (Å²) >= 11 is 0. The van der Waals surface area contributed by atoms with Gasteiger partial charge in [0.05, 0.1) is 0 Å². The number of hydrogen-bond acceptors (Lipinski definition) is 1. The smallest absolute Gasteiger partial charge is 0.310 e. The molecular weight excluding hydrogens is 258 g/mol.